The zero-order valence-electron chi connectivity index (χ0n) is 10.3. The Morgan fingerprint density at radius 2 is 2.28 bits per heavy atom. The molecule has 0 bridgehead atoms. The van der Waals surface area contributed by atoms with Crippen LogP contribution in [0.5, 0.6) is 0 Å². The molecular formula is C12H17BrN2O3. The van der Waals surface area contributed by atoms with Crippen molar-refractivity contribution in [1.82, 2.24) is 5.32 Å². The van der Waals surface area contributed by atoms with Crippen LogP contribution < -0.4 is 5.32 Å². The first-order valence-electron chi connectivity index (χ1n) is 5.86. The number of nitro groups is 1. The van der Waals surface area contributed by atoms with Crippen molar-refractivity contribution in [2.24, 2.45) is 0 Å². The highest BCUT2D eigenvalue weighted by Crippen LogP contribution is 2.25. The summed E-state index contributed by atoms with van der Waals surface area (Å²) >= 11 is 3.16. The van der Waals surface area contributed by atoms with Crippen molar-refractivity contribution < 1.29 is 9.66 Å². The van der Waals surface area contributed by atoms with Gasteiger partial charge >= 0.3 is 0 Å². The van der Waals surface area contributed by atoms with Gasteiger partial charge in [0.15, 0.2) is 0 Å². The summed E-state index contributed by atoms with van der Waals surface area (Å²) in [7, 11) is 0. The van der Waals surface area contributed by atoms with Crippen LogP contribution in [0.4, 0.5) is 5.69 Å². The summed E-state index contributed by atoms with van der Waals surface area (Å²) in [6, 6.07) is 5.15. The minimum atomic E-state index is -0.386. The first-order chi connectivity index (χ1) is 8.65. The van der Waals surface area contributed by atoms with E-state index < -0.39 is 0 Å². The summed E-state index contributed by atoms with van der Waals surface area (Å²) in [5, 5.41) is 14.0. The zero-order valence-corrected chi connectivity index (χ0v) is 11.9. The van der Waals surface area contributed by atoms with Crippen LogP contribution in [0.1, 0.15) is 18.9 Å². The summed E-state index contributed by atoms with van der Waals surface area (Å²) in [4.78, 5) is 10.4. The van der Waals surface area contributed by atoms with E-state index in [0.717, 1.165) is 31.7 Å². The van der Waals surface area contributed by atoms with E-state index >= 15 is 0 Å². The fourth-order valence-electron chi connectivity index (χ4n) is 1.48. The molecule has 1 N–H and O–H groups in total. The Labute approximate surface area is 115 Å². The largest absolute Gasteiger partial charge is 0.382 e. The number of ether oxygens (including phenoxy) is 1. The Bertz CT molecular complexity index is 399. The highest BCUT2D eigenvalue weighted by Gasteiger charge is 2.11. The van der Waals surface area contributed by atoms with Crippen molar-refractivity contribution >= 4 is 21.6 Å². The number of halogens is 1. The van der Waals surface area contributed by atoms with E-state index in [0.29, 0.717) is 11.0 Å². The highest BCUT2D eigenvalue weighted by molar-refractivity contribution is 9.10. The van der Waals surface area contributed by atoms with Gasteiger partial charge in [0.2, 0.25) is 0 Å². The number of nitrogens with zero attached hydrogens (tertiary/aromatic N) is 1. The smallest absolute Gasteiger partial charge is 0.283 e. The second-order valence-electron chi connectivity index (χ2n) is 3.77. The van der Waals surface area contributed by atoms with Crippen molar-refractivity contribution in [3.63, 3.8) is 0 Å². The van der Waals surface area contributed by atoms with E-state index in [4.69, 9.17) is 4.74 Å². The van der Waals surface area contributed by atoms with Gasteiger partial charge in [-0.25, -0.2) is 0 Å². The van der Waals surface area contributed by atoms with Gasteiger partial charge in [-0.2, -0.15) is 0 Å². The van der Waals surface area contributed by atoms with Gasteiger partial charge in [-0.15, -0.1) is 0 Å². The van der Waals surface area contributed by atoms with Gasteiger partial charge in [0.1, 0.15) is 0 Å². The van der Waals surface area contributed by atoms with Crippen LogP contribution in [-0.2, 0) is 11.3 Å². The molecular weight excluding hydrogens is 300 g/mol. The molecule has 0 fully saturated rings. The zero-order chi connectivity index (χ0) is 13.4. The van der Waals surface area contributed by atoms with E-state index in [1.807, 2.05) is 13.0 Å². The first kappa shape index (κ1) is 15.1. The maximum absolute atomic E-state index is 10.8. The molecule has 1 aromatic rings. The Morgan fingerprint density at radius 3 is 2.94 bits per heavy atom. The lowest BCUT2D eigenvalue weighted by Gasteiger charge is -2.05. The minimum Gasteiger partial charge on any atom is -0.382 e. The molecule has 6 heteroatoms. The number of hydrogen-bond donors (Lipinski definition) is 1. The fourth-order valence-corrected chi connectivity index (χ4v) is 1.88. The maximum atomic E-state index is 10.8. The van der Waals surface area contributed by atoms with Gasteiger partial charge in [0.05, 0.1) is 9.40 Å². The monoisotopic (exact) mass is 316 g/mol. The second-order valence-corrected chi connectivity index (χ2v) is 4.62. The number of benzene rings is 1. The number of nitrogens with one attached hydrogen (secondary N) is 1. The van der Waals surface area contributed by atoms with Gasteiger partial charge in [-0.3, -0.25) is 10.1 Å². The van der Waals surface area contributed by atoms with Crippen LogP contribution in [0.15, 0.2) is 22.7 Å². The maximum Gasteiger partial charge on any atom is 0.283 e. The summed E-state index contributed by atoms with van der Waals surface area (Å²) < 4.78 is 5.72. The van der Waals surface area contributed by atoms with Crippen molar-refractivity contribution in [1.29, 1.82) is 0 Å². The first-order valence-corrected chi connectivity index (χ1v) is 6.65. The average Bonchev–Trinajstić information content (AvgIpc) is 2.35. The molecule has 0 spiro atoms. The molecule has 0 aliphatic heterocycles. The molecule has 0 aromatic heterocycles. The average molecular weight is 317 g/mol. The molecule has 0 amide bonds. The van der Waals surface area contributed by atoms with Gasteiger partial charge in [0.25, 0.3) is 5.69 Å². The van der Waals surface area contributed by atoms with Gasteiger partial charge in [-0.05, 0) is 47.4 Å². The molecule has 1 aromatic carbocycles. The topological polar surface area (TPSA) is 64.4 Å². The molecule has 0 heterocycles. The summed E-state index contributed by atoms with van der Waals surface area (Å²) in [5.74, 6) is 0. The molecule has 0 saturated carbocycles. The molecule has 5 nitrogen and oxygen atoms in total. The predicted molar refractivity (Wildman–Crippen MR) is 73.6 cm³/mol. The molecule has 0 atom stereocenters. The van der Waals surface area contributed by atoms with E-state index in [9.17, 15) is 10.1 Å². The van der Waals surface area contributed by atoms with Gasteiger partial charge < -0.3 is 10.1 Å². The normalized spacial score (nSPS) is 10.6. The SMILES string of the molecule is CCOCCCNCc1ccc(Br)c([N+](=O)[O-])c1. The Kier molecular flexibility index (Phi) is 6.85. The van der Waals surface area contributed by atoms with Crippen LogP contribution in [0, 0.1) is 10.1 Å². The van der Waals surface area contributed by atoms with Crippen molar-refractivity contribution in [3.05, 3.63) is 38.3 Å². The van der Waals surface area contributed by atoms with Crippen molar-refractivity contribution in [3.8, 4) is 0 Å². The third-order valence-electron chi connectivity index (χ3n) is 2.38. The summed E-state index contributed by atoms with van der Waals surface area (Å²) in [6.45, 7) is 4.90. The summed E-state index contributed by atoms with van der Waals surface area (Å²) in [6.07, 6.45) is 0.937. The van der Waals surface area contributed by atoms with Crippen LogP contribution in [0.3, 0.4) is 0 Å². The van der Waals surface area contributed by atoms with Gasteiger partial charge in [-0.1, -0.05) is 6.07 Å². The quantitative estimate of drug-likeness (QED) is 0.455. The van der Waals surface area contributed by atoms with E-state index in [-0.39, 0.29) is 10.6 Å². The van der Waals surface area contributed by atoms with Gasteiger partial charge in [0, 0.05) is 25.8 Å². The lowest BCUT2D eigenvalue weighted by atomic mass is 10.2. The second kappa shape index (κ2) is 8.18. The fraction of sp³-hybridized carbons (Fsp3) is 0.500. The molecule has 1 rings (SSSR count). The molecule has 18 heavy (non-hydrogen) atoms. The number of hydrogen-bond acceptors (Lipinski definition) is 4. The molecule has 0 radical (unpaired) electrons. The van der Waals surface area contributed by atoms with Crippen LogP contribution in [-0.4, -0.2) is 24.7 Å². The van der Waals surface area contributed by atoms with E-state index in [2.05, 4.69) is 21.2 Å². The van der Waals surface area contributed by atoms with Crippen molar-refractivity contribution in [2.45, 2.75) is 19.9 Å². The molecule has 0 aliphatic rings. The summed E-state index contributed by atoms with van der Waals surface area (Å²) in [5.41, 5.74) is 1.00. The Morgan fingerprint density at radius 1 is 1.50 bits per heavy atom. The van der Waals surface area contributed by atoms with E-state index in [1.165, 1.54) is 0 Å². The third kappa shape index (κ3) is 5.12. The third-order valence-corrected chi connectivity index (χ3v) is 3.05. The van der Waals surface area contributed by atoms with Crippen LogP contribution in [0.2, 0.25) is 0 Å². The lowest BCUT2D eigenvalue weighted by Crippen LogP contribution is -2.16. The molecule has 100 valence electrons. The lowest BCUT2D eigenvalue weighted by molar-refractivity contribution is -0.385. The van der Waals surface area contributed by atoms with E-state index in [1.54, 1.807) is 12.1 Å². The number of nitro benzene ring substituents is 1. The Hall–Kier alpha value is -0.980. The number of rotatable bonds is 8. The Balaban J connectivity index is 2.38. The molecule has 0 unspecified atom stereocenters. The minimum absolute atomic E-state index is 0.101. The molecule has 0 aliphatic carbocycles. The standard InChI is InChI=1S/C12H17BrN2O3/c1-2-18-7-3-6-14-9-10-4-5-11(13)12(8-10)15(16)17/h4-5,8,14H,2-3,6-7,9H2,1H3. The van der Waals surface area contributed by atoms with Crippen LogP contribution >= 0.6 is 15.9 Å². The predicted octanol–water partition coefficient (Wildman–Crippen LogP) is 2.87. The van der Waals surface area contributed by atoms with Crippen LogP contribution in [0.25, 0.3) is 0 Å². The van der Waals surface area contributed by atoms with Crippen molar-refractivity contribution in [2.75, 3.05) is 19.8 Å². The highest BCUT2D eigenvalue weighted by atomic mass is 79.9. The molecule has 0 saturated heterocycles.